The second-order valence-electron chi connectivity index (χ2n) is 8.25. The molecule has 1 atom stereocenters. The van der Waals surface area contributed by atoms with E-state index in [0.717, 1.165) is 49.1 Å². The lowest BCUT2D eigenvalue weighted by molar-refractivity contribution is -0.00901. The largest absolute Gasteiger partial charge is 0.389 e. The predicted molar refractivity (Wildman–Crippen MR) is 116 cm³/mol. The summed E-state index contributed by atoms with van der Waals surface area (Å²) in [6, 6.07) is 6.87. The van der Waals surface area contributed by atoms with Crippen LogP contribution in [0.3, 0.4) is 0 Å². The summed E-state index contributed by atoms with van der Waals surface area (Å²) in [5.74, 6) is 1.42. The van der Waals surface area contributed by atoms with Gasteiger partial charge in [-0.05, 0) is 39.3 Å². The third-order valence-corrected chi connectivity index (χ3v) is 5.39. The van der Waals surface area contributed by atoms with E-state index < -0.39 is 6.10 Å². The first-order valence-electron chi connectivity index (χ1n) is 10.7. The number of hydrogen-bond donors (Lipinski definition) is 1. The van der Waals surface area contributed by atoms with Gasteiger partial charge in [-0.2, -0.15) is 0 Å². The maximum absolute atomic E-state index is 14.3. The molecule has 0 saturated carbocycles. The van der Waals surface area contributed by atoms with E-state index in [4.69, 9.17) is 9.72 Å². The SMILES string of the molecule is Cc1nc(C)c(Cc2ccccc2F)c(N2CCN(C[C@@H](O)COC(C)C)CC2)n1. The summed E-state index contributed by atoms with van der Waals surface area (Å²) in [5, 5.41) is 10.2. The number of halogens is 1. The summed E-state index contributed by atoms with van der Waals surface area (Å²) in [7, 11) is 0. The van der Waals surface area contributed by atoms with E-state index in [1.165, 1.54) is 6.07 Å². The molecule has 1 N–H and O–H groups in total. The predicted octanol–water partition coefficient (Wildman–Crippen LogP) is 2.73. The number of nitrogens with zero attached hydrogens (tertiary/aromatic N) is 4. The molecule has 2 heterocycles. The molecular weight excluding hydrogens is 383 g/mol. The highest BCUT2D eigenvalue weighted by molar-refractivity contribution is 5.51. The monoisotopic (exact) mass is 416 g/mol. The van der Waals surface area contributed by atoms with Gasteiger partial charge in [-0.1, -0.05) is 18.2 Å². The van der Waals surface area contributed by atoms with E-state index in [1.807, 2.05) is 39.8 Å². The summed E-state index contributed by atoms with van der Waals surface area (Å²) in [4.78, 5) is 13.8. The Morgan fingerprint density at radius 3 is 2.47 bits per heavy atom. The molecule has 1 saturated heterocycles. The average Bonchev–Trinajstić information content (AvgIpc) is 2.70. The molecule has 1 aromatic carbocycles. The van der Waals surface area contributed by atoms with Gasteiger partial charge in [0.25, 0.3) is 0 Å². The van der Waals surface area contributed by atoms with Crippen molar-refractivity contribution in [3.8, 4) is 0 Å². The van der Waals surface area contributed by atoms with Gasteiger partial charge in [0.15, 0.2) is 0 Å². The summed E-state index contributed by atoms with van der Waals surface area (Å²) >= 11 is 0. The molecule has 0 spiro atoms. The summed E-state index contributed by atoms with van der Waals surface area (Å²) in [5.41, 5.74) is 2.52. The minimum Gasteiger partial charge on any atom is -0.389 e. The van der Waals surface area contributed by atoms with Crippen LogP contribution in [0.4, 0.5) is 10.2 Å². The summed E-state index contributed by atoms with van der Waals surface area (Å²) in [6.45, 7) is 12.0. The zero-order chi connectivity index (χ0) is 21.7. The Balaban J connectivity index is 1.69. The van der Waals surface area contributed by atoms with Crippen LogP contribution in [0.5, 0.6) is 0 Å². The molecule has 0 aliphatic carbocycles. The van der Waals surface area contributed by atoms with Gasteiger partial charge < -0.3 is 14.7 Å². The Labute approximate surface area is 178 Å². The van der Waals surface area contributed by atoms with E-state index in [2.05, 4.69) is 14.8 Å². The van der Waals surface area contributed by atoms with E-state index in [9.17, 15) is 9.50 Å². The lowest BCUT2D eigenvalue weighted by Gasteiger charge is -2.37. The number of rotatable bonds is 8. The number of piperazine rings is 1. The van der Waals surface area contributed by atoms with Crippen LogP contribution in [-0.4, -0.2) is 71.5 Å². The Morgan fingerprint density at radius 1 is 1.10 bits per heavy atom. The number of aliphatic hydroxyl groups is 1. The first-order valence-corrected chi connectivity index (χ1v) is 10.7. The van der Waals surface area contributed by atoms with Crippen LogP contribution in [-0.2, 0) is 11.2 Å². The van der Waals surface area contributed by atoms with Crippen molar-refractivity contribution in [2.75, 3.05) is 44.2 Å². The quantitative estimate of drug-likeness (QED) is 0.714. The van der Waals surface area contributed by atoms with Crippen molar-refractivity contribution in [2.45, 2.75) is 46.3 Å². The van der Waals surface area contributed by atoms with Crippen molar-refractivity contribution < 1.29 is 14.2 Å². The smallest absolute Gasteiger partial charge is 0.136 e. The highest BCUT2D eigenvalue weighted by atomic mass is 19.1. The van der Waals surface area contributed by atoms with Gasteiger partial charge in [0, 0.05) is 50.4 Å². The Morgan fingerprint density at radius 2 is 1.80 bits per heavy atom. The van der Waals surface area contributed by atoms with Gasteiger partial charge in [0.05, 0.1) is 18.8 Å². The standard InChI is InChI=1S/C23H33FN4O2/c1-16(2)30-15-20(29)14-27-9-11-28(12-10-27)23-21(17(3)25-18(4)26-23)13-19-7-5-6-8-22(19)24/h5-8,16,20,29H,9-15H2,1-4H3/t20-/m1/s1. The molecule has 30 heavy (non-hydrogen) atoms. The van der Waals surface area contributed by atoms with Crippen molar-refractivity contribution in [1.82, 2.24) is 14.9 Å². The normalized spacial score (nSPS) is 16.3. The number of aryl methyl sites for hydroxylation is 2. The molecule has 1 aromatic heterocycles. The fraction of sp³-hybridized carbons (Fsp3) is 0.565. The minimum atomic E-state index is -0.487. The van der Waals surface area contributed by atoms with E-state index in [1.54, 1.807) is 6.07 Å². The van der Waals surface area contributed by atoms with Crippen LogP contribution in [0.15, 0.2) is 24.3 Å². The second kappa shape index (κ2) is 10.3. The van der Waals surface area contributed by atoms with Crippen LogP contribution in [0.1, 0.15) is 36.5 Å². The first kappa shape index (κ1) is 22.6. The van der Waals surface area contributed by atoms with E-state index >= 15 is 0 Å². The Kier molecular flexibility index (Phi) is 7.75. The number of aromatic nitrogens is 2. The van der Waals surface area contributed by atoms with Crippen molar-refractivity contribution in [3.63, 3.8) is 0 Å². The fourth-order valence-corrected chi connectivity index (χ4v) is 3.82. The van der Waals surface area contributed by atoms with Crippen LogP contribution < -0.4 is 4.90 Å². The topological polar surface area (TPSA) is 61.7 Å². The Hall–Kier alpha value is -2.09. The van der Waals surface area contributed by atoms with Crippen molar-refractivity contribution in [3.05, 3.63) is 52.7 Å². The molecular formula is C23H33FN4O2. The molecule has 7 heteroatoms. The zero-order valence-corrected chi connectivity index (χ0v) is 18.4. The molecule has 0 radical (unpaired) electrons. The molecule has 0 amide bonds. The molecule has 1 aliphatic rings. The molecule has 164 valence electrons. The van der Waals surface area contributed by atoms with Crippen LogP contribution in [0.2, 0.25) is 0 Å². The maximum atomic E-state index is 14.3. The number of hydrogen-bond acceptors (Lipinski definition) is 6. The lowest BCUT2D eigenvalue weighted by atomic mass is 10.0. The second-order valence-corrected chi connectivity index (χ2v) is 8.25. The molecule has 6 nitrogen and oxygen atoms in total. The number of ether oxygens (including phenoxy) is 1. The van der Waals surface area contributed by atoms with E-state index in [0.29, 0.717) is 25.1 Å². The first-order chi connectivity index (χ1) is 14.3. The number of benzene rings is 1. The van der Waals surface area contributed by atoms with Crippen LogP contribution in [0, 0.1) is 19.7 Å². The Bertz CT molecular complexity index is 838. The van der Waals surface area contributed by atoms with Crippen LogP contribution >= 0.6 is 0 Å². The number of β-amino-alcohol motifs (C(OH)–C–C–N with tert-alkyl or cyclic N) is 1. The van der Waals surface area contributed by atoms with Crippen molar-refractivity contribution in [2.24, 2.45) is 0 Å². The lowest BCUT2D eigenvalue weighted by Crippen LogP contribution is -2.49. The zero-order valence-electron chi connectivity index (χ0n) is 18.4. The number of anilines is 1. The van der Waals surface area contributed by atoms with Crippen LogP contribution in [0.25, 0.3) is 0 Å². The molecule has 3 rings (SSSR count). The van der Waals surface area contributed by atoms with E-state index in [-0.39, 0.29) is 11.9 Å². The summed E-state index contributed by atoms with van der Waals surface area (Å²) < 4.78 is 19.8. The highest BCUT2D eigenvalue weighted by Gasteiger charge is 2.24. The minimum absolute atomic E-state index is 0.119. The highest BCUT2D eigenvalue weighted by Crippen LogP contribution is 2.26. The van der Waals surface area contributed by atoms with Crippen molar-refractivity contribution >= 4 is 5.82 Å². The van der Waals surface area contributed by atoms with Gasteiger partial charge in [0.1, 0.15) is 17.5 Å². The summed E-state index contributed by atoms with van der Waals surface area (Å²) in [6.07, 6.45) is 0.104. The van der Waals surface area contributed by atoms with Gasteiger partial charge in [-0.15, -0.1) is 0 Å². The third-order valence-electron chi connectivity index (χ3n) is 5.39. The van der Waals surface area contributed by atoms with Gasteiger partial charge in [-0.3, -0.25) is 4.90 Å². The average molecular weight is 417 g/mol. The van der Waals surface area contributed by atoms with Gasteiger partial charge in [-0.25, -0.2) is 14.4 Å². The fourth-order valence-electron chi connectivity index (χ4n) is 3.82. The third kappa shape index (κ3) is 5.97. The molecule has 1 fully saturated rings. The maximum Gasteiger partial charge on any atom is 0.136 e. The van der Waals surface area contributed by atoms with Gasteiger partial charge >= 0.3 is 0 Å². The molecule has 2 aromatic rings. The molecule has 0 unspecified atom stereocenters. The van der Waals surface area contributed by atoms with Crippen molar-refractivity contribution in [1.29, 1.82) is 0 Å². The number of aliphatic hydroxyl groups excluding tert-OH is 1. The molecule has 0 bridgehead atoms. The molecule has 1 aliphatic heterocycles. The van der Waals surface area contributed by atoms with Gasteiger partial charge in [0.2, 0.25) is 0 Å².